The van der Waals surface area contributed by atoms with Gasteiger partial charge < -0.3 is 9.47 Å². The summed E-state index contributed by atoms with van der Waals surface area (Å²) in [5, 5.41) is 0.911. The van der Waals surface area contributed by atoms with Crippen LogP contribution in [-0.2, 0) is 16.0 Å². The molecule has 0 fully saturated rings. The Bertz CT molecular complexity index is 1070. The van der Waals surface area contributed by atoms with E-state index in [9.17, 15) is 9.59 Å². The number of pyridine rings is 1. The van der Waals surface area contributed by atoms with Crippen molar-refractivity contribution in [1.29, 1.82) is 0 Å². The van der Waals surface area contributed by atoms with E-state index in [1.54, 1.807) is 7.11 Å². The van der Waals surface area contributed by atoms with Gasteiger partial charge in [0.05, 0.1) is 18.4 Å². The Morgan fingerprint density at radius 1 is 1.00 bits per heavy atom. The molecule has 0 radical (unpaired) electrons. The first-order chi connectivity index (χ1) is 15.0. The van der Waals surface area contributed by atoms with Crippen LogP contribution >= 0.6 is 11.8 Å². The predicted molar refractivity (Wildman–Crippen MR) is 121 cm³/mol. The molecule has 0 spiro atoms. The first-order valence-corrected chi connectivity index (χ1v) is 10.8. The molecule has 0 aliphatic heterocycles. The minimum Gasteiger partial charge on any atom is -0.497 e. The molecule has 0 unspecified atom stereocenters. The van der Waals surface area contributed by atoms with E-state index in [-0.39, 0.29) is 18.3 Å². The molecule has 0 saturated carbocycles. The van der Waals surface area contributed by atoms with E-state index in [2.05, 4.69) is 22.8 Å². The lowest BCUT2D eigenvalue weighted by molar-refractivity contribution is -0.128. The summed E-state index contributed by atoms with van der Waals surface area (Å²) in [6.45, 7) is 3.79. The van der Waals surface area contributed by atoms with E-state index in [0.717, 1.165) is 33.7 Å². The van der Waals surface area contributed by atoms with Gasteiger partial charge in [0.1, 0.15) is 11.5 Å². The van der Waals surface area contributed by atoms with E-state index in [1.165, 1.54) is 17.3 Å². The summed E-state index contributed by atoms with van der Waals surface area (Å²) in [4.78, 5) is 29.5. The van der Waals surface area contributed by atoms with Crippen molar-refractivity contribution in [3.05, 3.63) is 59.8 Å². The SMILES string of the molecule is CCc1ccc(OCC(=O)NNC(=O)CSc2cc(C)nc3ccc(OC)cc23)cc1. The lowest BCUT2D eigenvalue weighted by atomic mass is 10.2. The Morgan fingerprint density at radius 2 is 1.71 bits per heavy atom. The van der Waals surface area contributed by atoms with Crippen molar-refractivity contribution in [2.24, 2.45) is 0 Å². The van der Waals surface area contributed by atoms with Crippen molar-refractivity contribution in [2.45, 2.75) is 25.2 Å². The third kappa shape index (κ3) is 6.36. The Labute approximate surface area is 185 Å². The number of carbonyl (C=O) groups is 2. The summed E-state index contributed by atoms with van der Waals surface area (Å²) in [6.07, 6.45) is 0.938. The summed E-state index contributed by atoms with van der Waals surface area (Å²) >= 11 is 1.37. The molecule has 0 bridgehead atoms. The molecule has 1 heterocycles. The molecule has 162 valence electrons. The molecule has 1 aromatic heterocycles. The van der Waals surface area contributed by atoms with Crippen LogP contribution in [0.4, 0.5) is 0 Å². The zero-order valence-corrected chi connectivity index (χ0v) is 18.5. The summed E-state index contributed by atoms with van der Waals surface area (Å²) in [5.74, 6) is 0.699. The van der Waals surface area contributed by atoms with Crippen molar-refractivity contribution in [1.82, 2.24) is 15.8 Å². The normalized spacial score (nSPS) is 10.5. The number of nitrogens with one attached hydrogen (secondary N) is 2. The third-order valence-corrected chi connectivity index (χ3v) is 5.56. The van der Waals surface area contributed by atoms with Gasteiger partial charge in [-0.1, -0.05) is 19.1 Å². The number of aromatic nitrogens is 1. The van der Waals surface area contributed by atoms with E-state index in [4.69, 9.17) is 9.47 Å². The highest BCUT2D eigenvalue weighted by Crippen LogP contribution is 2.30. The van der Waals surface area contributed by atoms with Crippen LogP contribution in [0.3, 0.4) is 0 Å². The number of ether oxygens (including phenoxy) is 2. The fraction of sp³-hybridized carbons (Fsp3) is 0.261. The van der Waals surface area contributed by atoms with Crippen LogP contribution in [0.5, 0.6) is 11.5 Å². The van der Waals surface area contributed by atoms with Crippen molar-refractivity contribution < 1.29 is 19.1 Å². The molecular formula is C23H25N3O4S. The molecule has 3 aromatic rings. The number of hydrazine groups is 1. The number of methoxy groups -OCH3 is 1. The highest BCUT2D eigenvalue weighted by Gasteiger charge is 2.10. The molecule has 0 saturated heterocycles. The zero-order chi connectivity index (χ0) is 22.2. The molecule has 3 rings (SSSR count). The van der Waals surface area contributed by atoms with Gasteiger partial charge >= 0.3 is 0 Å². The average molecular weight is 440 g/mol. The van der Waals surface area contributed by atoms with Crippen LogP contribution in [0.1, 0.15) is 18.2 Å². The van der Waals surface area contributed by atoms with Crippen LogP contribution in [0.25, 0.3) is 10.9 Å². The second-order valence-electron chi connectivity index (χ2n) is 6.82. The number of thioether (sulfide) groups is 1. The quantitative estimate of drug-likeness (QED) is 0.413. The summed E-state index contributed by atoms with van der Waals surface area (Å²) in [5.41, 5.74) is 7.67. The lowest BCUT2D eigenvalue weighted by Gasteiger charge is -2.11. The fourth-order valence-electron chi connectivity index (χ4n) is 2.87. The smallest absolute Gasteiger partial charge is 0.276 e. The number of hydrogen-bond donors (Lipinski definition) is 2. The van der Waals surface area contributed by atoms with Gasteiger partial charge in [-0.3, -0.25) is 25.4 Å². The van der Waals surface area contributed by atoms with Crippen molar-refractivity contribution in [2.75, 3.05) is 19.5 Å². The minimum atomic E-state index is -0.437. The van der Waals surface area contributed by atoms with Gasteiger partial charge in [0, 0.05) is 16.0 Å². The molecule has 0 atom stereocenters. The van der Waals surface area contributed by atoms with Crippen LogP contribution < -0.4 is 20.3 Å². The second-order valence-corrected chi connectivity index (χ2v) is 7.83. The zero-order valence-electron chi connectivity index (χ0n) is 17.7. The molecule has 8 heteroatoms. The highest BCUT2D eigenvalue weighted by molar-refractivity contribution is 8.00. The number of benzene rings is 2. The van der Waals surface area contributed by atoms with Gasteiger partial charge in [0.25, 0.3) is 5.91 Å². The van der Waals surface area contributed by atoms with E-state index < -0.39 is 5.91 Å². The maximum Gasteiger partial charge on any atom is 0.276 e. The van der Waals surface area contributed by atoms with Crippen molar-refractivity contribution in [3.8, 4) is 11.5 Å². The topological polar surface area (TPSA) is 89.6 Å². The number of fused-ring (bicyclic) bond motifs is 1. The predicted octanol–water partition coefficient (Wildman–Crippen LogP) is 3.43. The maximum absolute atomic E-state index is 12.2. The molecule has 31 heavy (non-hydrogen) atoms. The standard InChI is InChI=1S/C23H25N3O4S/c1-4-16-5-7-17(8-6-16)30-13-22(27)25-26-23(28)14-31-21-11-15(2)24-20-10-9-18(29-3)12-19(20)21/h5-12H,4,13-14H2,1-3H3,(H,25,27)(H,26,28). The lowest BCUT2D eigenvalue weighted by Crippen LogP contribution is -2.44. The molecule has 2 amide bonds. The molecule has 0 aliphatic rings. The van der Waals surface area contributed by atoms with Crippen LogP contribution in [0.2, 0.25) is 0 Å². The van der Waals surface area contributed by atoms with Crippen LogP contribution in [0.15, 0.2) is 53.4 Å². The molecule has 0 aliphatic carbocycles. The third-order valence-electron chi connectivity index (χ3n) is 4.51. The Morgan fingerprint density at radius 3 is 2.42 bits per heavy atom. The molecule has 2 aromatic carbocycles. The van der Waals surface area contributed by atoms with Crippen LogP contribution in [-0.4, -0.2) is 36.3 Å². The number of aryl methyl sites for hydroxylation is 2. The monoisotopic (exact) mass is 439 g/mol. The Hall–Kier alpha value is -3.26. The van der Waals surface area contributed by atoms with Crippen molar-refractivity contribution in [3.63, 3.8) is 0 Å². The Kier molecular flexibility index (Phi) is 7.72. The van der Waals surface area contributed by atoms with Crippen LogP contribution in [0, 0.1) is 6.92 Å². The summed E-state index contributed by atoms with van der Waals surface area (Å²) in [7, 11) is 1.61. The van der Waals surface area contributed by atoms with E-state index >= 15 is 0 Å². The van der Waals surface area contributed by atoms with Crippen molar-refractivity contribution >= 4 is 34.5 Å². The average Bonchev–Trinajstić information content (AvgIpc) is 2.79. The molecule has 7 nitrogen and oxygen atoms in total. The first kappa shape index (κ1) is 22.4. The maximum atomic E-state index is 12.2. The molecule has 2 N–H and O–H groups in total. The number of nitrogens with zero attached hydrogens (tertiary/aromatic N) is 1. The van der Waals surface area contributed by atoms with Gasteiger partial charge in [-0.15, -0.1) is 11.8 Å². The fourth-order valence-corrected chi connectivity index (χ4v) is 3.80. The number of carbonyl (C=O) groups excluding carboxylic acids is 2. The number of amides is 2. The summed E-state index contributed by atoms with van der Waals surface area (Å²) < 4.78 is 10.7. The highest BCUT2D eigenvalue weighted by atomic mass is 32.2. The van der Waals surface area contributed by atoms with Gasteiger partial charge in [0.2, 0.25) is 5.91 Å². The van der Waals surface area contributed by atoms with Gasteiger partial charge in [-0.05, 0) is 55.3 Å². The van der Waals surface area contributed by atoms with E-state index in [1.807, 2.05) is 55.5 Å². The number of hydrogen-bond acceptors (Lipinski definition) is 6. The van der Waals surface area contributed by atoms with Gasteiger partial charge in [-0.2, -0.15) is 0 Å². The van der Waals surface area contributed by atoms with Gasteiger partial charge in [-0.25, -0.2) is 0 Å². The van der Waals surface area contributed by atoms with E-state index in [0.29, 0.717) is 5.75 Å². The second kappa shape index (κ2) is 10.7. The first-order valence-electron chi connectivity index (χ1n) is 9.86. The molecular weight excluding hydrogens is 414 g/mol. The number of rotatable bonds is 8. The Balaban J connectivity index is 1.49. The van der Waals surface area contributed by atoms with Gasteiger partial charge in [0.15, 0.2) is 6.61 Å². The summed E-state index contributed by atoms with van der Waals surface area (Å²) in [6, 6.07) is 15.1. The largest absolute Gasteiger partial charge is 0.497 e. The minimum absolute atomic E-state index is 0.134.